The average Bonchev–Trinajstić information content (AvgIpc) is 2.45. The van der Waals surface area contributed by atoms with Gasteiger partial charge < -0.3 is 5.32 Å². The van der Waals surface area contributed by atoms with Crippen LogP contribution in [0.5, 0.6) is 0 Å². The Morgan fingerprint density at radius 2 is 2.00 bits per heavy atom. The first-order valence-electron chi connectivity index (χ1n) is 5.76. The van der Waals surface area contributed by atoms with Gasteiger partial charge in [-0.3, -0.25) is 0 Å². The van der Waals surface area contributed by atoms with E-state index in [0.29, 0.717) is 11.3 Å². The van der Waals surface area contributed by atoms with E-state index < -0.39 is 11.7 Å². The maximum Gasteiger partial charge on any atom is 0.416 e. The number of rotatable bonds is 3. The lowest BCUT2D eigenvalue weighted by atomic mass is 10.1. The Morgan fingerprint density at radius 1 is 1.20 bits per heavy atom. The van der Waals surface area contributed by atoms with Gasteiger partial charge in [-0.2, -0.15) is 18.4 Å². The summed E-state index contributed by atoms with van der Waals surface area (Å²) in [7, 11) is 0. The lowest BCUT2D eigenvalue weighted by Gasteiger charge is -2.10. The maximum absolute atomic E-state index is 12.6. The van der Waals surface area contributed by atoms with Gasteiger partial charge in [-0.1, -0.05) is 12.1 Å². The smallest absolute Gasteiger partial charge is 0.379 e. The van der Waals surface area contributed by atoms with E-state index in [1.807, 2.05) is 6.07 Å². The average molecular weight is 277 g/mol. The van der Waals surface area contributed by atoms with Crippen molar-refractivity contribution in [1.82, 2.24) is 4.98 Å². The quantitative estimate of drug-likeness (QED) is 0.932. The van der Waals surface area contributed by atoms with Gasteiger partial charge in [0.05, 0.1) is 11.3 Å². The van der Waals surface area contributed by atoms with Crippen molar-refractivity contribution in [3.8, 4) is 6.07 Å². The van der Waals surface area contributed by atoms with Gasteiger partial charge in [0.1, 0.15) is 6.07 Å². The summed E-state index contributed by atoms with van der Waals surface area (Å²) in [6.45, 7) is 0.185. The van der Waals surface area contributed by atoms with Crippen LogP contribution < -0.4 is 5.32 Å². The Hall–Kier alpha value is -2.55. The zero-order valence-corrected chi connectivity index (χ0v) is 10.3. The molecule has 0 aliphatic heterocycles. The molecular formula is C14H10F3N3. The molecule has 0 bridgehead atoms. The molecule has 102 valence electrons. The van der Waals surface area contributed by atoms with Gasteiger partial charge in [-0.25, -0.2) is 4.98 Å². The molecule has 0 atom stereocenters. The van der Waals surface area contributed by atoms with Crippen LogP contribution >= 0.6 is 0 Å². The molecule has 0 amide bonds. The molecule has 3 nitrogen and oxygen atoms in total. The summed E-state index contributed by atoms with van der Waals surface area (Å²) in [5, 5.41) is 11.8. The van der Waals surface area contributed by atoms with Gasteiger partial charge >= 0.3 is 6.18 Å². The number of benzene rings is 1. The van der Waals surface area contributed by atoms with Gasteiger partial charge in [0.2, 0.25) is 0 Å². The molecule has 0 saturated heterocycles. The molecule has 0 aliphatic carbocycles. The van der Waals surface area contributed by atoms with Crippen LogP contribution in [0.2, 0.25) is 0 Å². The molecule has 0 radical (unpaired) electrons. The highest BCUT2D eigenvalue weighted by atomic mass is 19.4. The van der Waals surface area contributed by atoms with Crippen LogP contribution in [-0.2, 0) is 12.7 Å². The monoisotopic (exact) mass is 277 g/mol. The van der Waals surface area contributed by atoms with Crippen LogP contribution in [-0.4, -0.2) is 4.98 Å². The third kappa shape index (κ3) is 3.26. The Kier molecular flexibility index (Phi) is 3.89. The van der Waals surface area contributed by atoms with Crippen LogP contribution in [0.4, 0.5) is 18.9 Å². The van der Waals surface area contributed by atoms with E-state index in [9.17, 15) is 13.2 Å². The molecule has 0 spiro atoms. The van der Waals surface area contributed by atoms with Crippen LogP contribution in [0.3, 0.4) is 0 Å². The summed E-state index contributed by atoms with van der Waals surface area (Å²) in [6, 6.07) is 10.3. The fourth-order valence-corrected chi connectivity index (χ4v) is 1.69. The molecule has 0 aliphatic rings. The third-order valence-electron chi connectivity index (χ3n) is 2.65. The van der Waals surface area contributed by atoms with Gasteiger partial charge in [-0.05, 0) is 29.8 Å². The standard InChI is InChI=1S/C14H10F3N3/c15-14(16,17)11-4-1-3-10(7-11)9-20-12-5-2-6-19-13(12)8-18/h1-7,20H,9H2. The van der Waals surface area contributed by atoms with Crippen molar-refractivity contribution in [3.63, 3.8) is 0 Å². The molecule has 1 aromatic heterocycles. The Labute approximate surface area is 113 Å². The predicted molar refractivity (Wildman–Crippen MR) is 67.7 cm³/mol. The Bertz CT molecular complexity index is 645. The minimum absolute atomic E-state index is 0.185. The van der Waals surface area contributed by atoms with Crippen LogP contribution in [0.1, 0.15) is 16.8 Å². The second kappa shape index (κ2) is 5.61. The number of pyridine rings is 1. The van der Waals surface area contributed by atoms with Crippen molar-refractivity contribution < 1.29 is 13.2 Å². The first-order valence-corrected chi connectivity index (χ1v) is 5.76. The molecule has 20 heavy (non-hydrogen) atoms. The highest BCUT2D eigenvalue weighted by Gasteiger charge is 2.30. The SMILES string of the molecule is N#Cc1ncccc1NCc1cccc(C(F)(F)F)c1. The molecule has 6 heteroatoms. The number of hydrogen-bond acceptors (Lipinski definition) is 3. The molecule has 0 fully saturated rings. The van der Waals surface area contributed by atoms with E-state index in [4.69, 9.17) is 5.26 Å². The summed E-state index contributed by atoms with van der Waals surface area (Å²) in [6.07, 6.45) is -2.88. The van der Waals surface area contributed by atoms with Crippen molar-refractivity contribution in [3.05, 3.63) is 59.4 Å². The van der Waals surface area contributed by atoms with E-state index in [1.54, 1.807) is 18.2 Å². The lowest BCUT2D eigenvalue weighted by Crippen LogP contribution is -2.07. The lowest BCUT2D eigenvalue weighted by molar-refractivity contribution is -0.137. The van der Waals surface area contributed by atoms with Crippen molar-refractivity contribution in [2.24, 2.45) is 0 Å². The summed E-state index contributed by atoms with van der Waals surface area (Å²) in [4.78, 5) is 3.86. The number of nitrogens with zero attached hydrogens (tertiary/aromatic N) is 2. The third-order valence-corrected chi connectivity index (χ3v) is 2.65. The van der Waals surface area contributed by atoms with E-state index in [1.165, 1.54) is 12.3 Å². The highest BCUT2D eigenvalue weighted by Crippen LogP contribution is 2.29. The van der Waals surface area contributed by atoms with E-state index in [2.05, 4.69) is 10.3 Å². The number of hydrogen-bond donors (Lipinski definition) is 1. The van der Waals surface area contributed by atoms with Crippen LogP contribution in [0, 0.1) is 11.3 Å². The number of aromatic nitrogens is 1. The first-order chi connectivity index (χ1) is 9.50. The summed E-state index contributed by atoms with van der Waals surface area (Å²) in [5.41, 5.74) is 0.489. The normalized spacial score (nSPS) is 10.9. The maximum atomic E-state index is 12.6. The molecule has 2 rings (SSSR count). The van der Waals surface area contributed by atoms with Gasteiger partial charge in [0.15, 0.2) is 5.69 Å². The fourth-order valence-electron chi connectivity index (χ4n) is 1.69. The minimum Gasteiger partial charge on any atom is -0.379 e. The fraction of sp³-hybridized carbons (Fsp3) is 0.143. The molecule has 2 aromatic rings. The molecule has 1 heterocycles. The molecule has 1 N–H and O–H groups in total. The minimum atomic E-state index is -4.36. The number of halogens is 3. The summed E-state index contributed by atoms with van der Waals surface area (Å²) in [5.74, 6) is 0. The summed E-state index contributed by atoms with van der Waals surface area (Å²) >= 11 is 0. The second-order valence-corrected chi connectivity index (χ2v) is 4.06. The van der Waals surface area contributed by atoms with Gasteiger partial charge in [0.25, 0.3) is 0 Å². The Morgan fingerprint density at radius 3 is 2.70 bits per heavy atom. The molecule has 1 aromatic carbocycles. The van der Waals surface area contributed by atoms with E-state index >= 15 is 0 Å². The number of nitrogens with one attached hydrogen (secondary N) is 1. The largest absolute Gasteiger partial charge is 0.416 e. The number of anilines is 1. The van der Waals surface area contributed by atoms with Crippen LogP contribution in [0.25, 0.3) is 0 Å². The molecular weight excluding hydrogens is 267 g/mol. The first kappa shape index (κ1) is 13.9. The zero-order valence-electron chi connectivity index (χ0n) is 10.3. The van der Waals surface area contributed by atoms with E-state index in [-0.39, 0.29) is 12.2 Å². The van der Waals surface area contributed by atoms with Gasteiger partial charge in [-0.15, -0.1) is 0 Å². The second-order valence-electron chi connectivity index (χ2n) is 4.06. The van der Waals surface area contributed by atoms with Crippen LogP contribution in [0.15, 0.2) is 42.6 Å². The van der Waals surface area contributed by atoms with Crippen molar-refractivity contribution in [2.75, 3.05) is 5.32 Å². The topological polar surface area (TPSA) is 48.7 Å². The zero-order chi connectivity index (χ0) is 14.6. The molecule has 0 saturated carbocycles. The Balaban J connectivity index is 2.14. The predicted octanol–water partition coefficient (Wildman–Crippen LogP) is 3.58. The van der Waals surface area contributed by atoms with E-state index in [0.717, 1.165) is 12.1 Å². The highest BCUT2D eigenvalue weighted by molar-refractivity contribution is 5.53. The number of alkyl halides is 3. The summed E-state index contributed by atoms with van der Waals surface area (Å²) < 4.78 is 37.7. The van der Waals surface area contributed by atoms with Gasteiger partial charge in [0, 0.05) is 12.7 Å². The van der Waals surface area contributed by atoms with Crippen molar-refractivity contribution in [2.45, 2.75) is 12.7 Å². The van der Waals surface area contributed by atoms with Crippen molar-refractivity contribution in [1.29, 1.82) is 5.26 Å². The number of nitriles is 1. The van der Waals surface area contributed by atoms with Crippen molar-refractivity contribution >= 4 is 5.69 Å². The molecule has 0 unspecified atom stereocenters.